The van der Waals surface area contributed by atoms with Crippen LogP contribution >= 0.6 is 0 Å². The van der Waals surface area contributed by atoms with Crippen molar-refractivity contribution >= 4 is 32.3 Å². The van der Waals surface area contributed by atoms with Gasteiger partial charge in [-0.2, -0.15) is 0 Å². The standard InChI is InChI=1S/4C3H6O3.B.Na/c4*1-2(4)3(5)6;;/h4*2,4H,1H3,(H,5,6);;/q;;;;+3;+1/p-4. The molecule has 0 heterocycles. The Kier molecular flexibility index (Phi) is 36.3. The van der Waals surface area contributed by atoms with Gasteiger partial charge in [-0.1, -0.05) is 0 Å². The first-order valence-corrected chi connectivity index (χ1v) is 6.13. The summed E-state index contributed by atoms with van der Waals surface area (Å²) in [7, 11) is 0. The molecule has 0 amide bonds. The number of carbonyl (C=O) groups excluding carboxylic acids is 4. The van der Waals surface area contributed by atoms with Crippen LogP contribution in [-0.4, -0.2) is 77.1 Å². The Morgan fingerprint density at radius 3 is 0.577 bits per heavy atom. The molecule has 0 aliphatic rings. The molecule has 4 N–H and O–H groups in total. The second-order valence-electron chi connectivity index (χ2n) is 3.98. The quantitative estimate of drug-likeness (QED) is 0.327. The third-order valence-electron chi connectivity index (χ3n) is 1.36. The Morgan fingerprint density at radius 2 is 0.577 bits per heavy atom. The molecule has 12 nitrogen and oxygen atoms in total. The molecule has 0 aromatic rings. The maximum absolute atomic E-state index is 9.34. The van der Waals surface area contributed by atoms with Crippen molar-refractivity contribution in [2.75, 3.05) is 0 Å². The fourth-order valence-corrected chi connectivity index (χ4v) is 0. The van der Waals surface area contributed by atoms with Crippen LogP contribution in [0.3, 0.4) is 0 Å². The van der Waals surface area contributed by atoms with Crippen LogP contribution in [-0.2, 0) is 19.2 Å². The number of aliphatic hydroxyl groups is 4. The van der Waals surface area contributed by atoms with Gasteiger partial charge in [0.25, 0.3) is 0 Å². The topological polar surface area (TPSA) is 241 Å². The second-order valence-corrected chi connectivity index (χ2v) is 3.98. The number of carboxylic acids is 4. The normalized spacial score (nSPS) is 12.6. The smallest absolute Gasteiger partial charge is 0.547 e. The van der Waals surface area contributed by atoms with Gasteiger partial charge < -0.3 is 60.0 Å². The van der Waals surface area contributed by atoms with Gasteiger partial charge in [0, 0.05) is 0 Å². The van der Waals surface area contributed by atoms with Crippen LogP contribution in [0.2, 0.25) is 0 Å². The fraction of sp³-hybridized carbons (Fsp3) is 0.667. The molecule has 144 valence electrons. The van der Waals surface area contributed by atoms with Crippen LogP contribution in [0.15, 0.2) is 0 Å². The summed E-state index contributed by atoms with van der Waals surface area (Å²) in [4.78, 5) is 37.4. The molecule has 0 bridgehead atoms. The van der Waals surface area contributed by atoms with Crippen LogP contribution in [0.25, 0.3) is 0 Å². The Morgan fingerprint density at radius 1 is 0.538 bits per heavy atom. The number of aliphatic hydroxyl groups excluding tert-OH is 4. The first-order valence-electron chi connectivity index (χ1n) is 6.13. The van der Waals surface area contributed by atoms with Crippen LogP contribution in [0.1, 0.15) is 27.7 Å². The molecule has 0 saturated carbocycles. The third-order valence-corrected chi connectivity index (χ3v) is 1.36. The summed E-state index contributed by atoms with van der Waals surface area (Å²) in [5, 5.41) is 69.2. The zero-order chi connectivity index (χ0) is 20.6. The first-order chi connectivity index (χ1) is 10.6. The van der Waals surface area contributed by atoms with Crippen molar-refractivity contribution in [1.82, 2.24) is 0 Å². The van der Waals surface area contributed by atoms with Gasteiger partial charge in [0.05, 0.1) is 48.3 Å². The Balaban J connectivity index is -0.0000000500. The summed E-state index contributed by atoms with van der Waals surface area (Å²) < 4.78 is 0. The molecule has 4 atom stereocenters. The maximum atomic E-state index is 9.34. The average molecular weight is 390 g/mol. The number of carbonyl (C=O) groups is 4. The molecule has 0 spiro atoms. The van der Waals surface area contributed by atoms with E-state index in [-0.39, 0.29) is 38.0 Å². The predicted octanol–water partition coefficient (Wildman–Crippen LogP) is -10.9. The Labute approximate surface area is 174 Å². The molecule has 0 saturated heterocycles. The van der Waals surface area contributed by atoms with Crippen molar-refractivity contribution in [3.63, 3.8) is 0 Å². The van der Waals surface area contributed by atoms with E-state index in [2.05, 4.69) is 0 Å². The number of carboxylic acid groups (broad SMARTS) is 4. The van der Waals surface area contributed by atoms with E-state index < -0.39 is 48.3 Å². The van der Waals surface area contributed by atoms with Crippen molar-refractivity contribution in [2.24, 2.45) is 0 Å². The van der Waals surface area contributed by atoms with Crippen molar-refractivity contribution in [2.45, 2.75) is 52.1 Å². The van der Waals surface area contributed by atoms with Gasteiger partial charge in [-0.25, -0.2) is 0 Å². The molecule has 0 rings (SSSR count). The summed E-state index contributed by atoms with van der Waals surface area (Å²) in [6, 6.07) is 0. The van der Waals surface area contributed by atoms with E-state index in [4.69, 9.17) is 20.4 Å². The van der Waals surface area contributed by atoms with E-state index in [0.29, 0.717) is 0 Å². The van der Waals surface area contributed by atoms with Gasteiger partial charge in [0.2, 0.25) is 0 Å². The van der Waals surface area contributed by atoms with Crippen LogP contribution in [0.5, 0.6) is 0 Å². The summed E-state index contributed by atoms with van der Waals surface area (Å²) >= 11 is 0. The molecule has 14 heteroatoms. The summed E-state index contributed by atoms with van der Waals surface area (Å²) in [6.45, 7) is 4.54. The molecule has 0 aromatic carbocycles. The average Bonchev–Trinajstić information content (AvgIpc) is 2.40. The summed E-state index contributed by atoms with van der Waals surface area (Å²) in [6.07, 6.45) is -5.37. The van der Waals surface area contributed by atoms with Gasteiger partial charge in [-0.3, -0.25) is 0 Å². The van der Waals surface area contributed by atoms with Gasteiger partial charge in [0.15, 0.2) is 0 Å². The van der Waals surface area contributed by atoms with E-state index in [9.17, 15) is 39.6 Å². The van der Waals surface area contributed by atoms with Gasteiger partial charge >= 0.3 is 38.0 Å². The SMILES string of the molecule is CC(O)C(=O)[O-].CC(O)C(=O)[O-].CC(O)C(=O)[O-].CC(O)C(=O)[O-].[B+3].[Na+]. The minimum Gasteiger partial charge on any atom is -0.547 e. The van der Waals surface area contributed by atoms with E-state index in [0.717, 1.165) is 27.7 Å². The molecular formula is C12H20BNaO12. The molecule has 4 unspecified atom stereocenters. The zero-order valence-electron chi connectivity index (χ0n) is 14.9. The molecular weight excluding hydrogens is 370 g/mol. The van der Waals surface area contributed by atoms with Crippen LogP contribution < -0.4 is 50.0 Å². The number of hydrogen-bond donors (Lipinski definition) is 4. The molecule has 0 aromatic heterocycles. The largest absolute Gasteiger partial charge is 3.00 e. The minimum atomic E-state index is -1.44. The zero-order valence-corrected chi connectivity index (χ0v) is 16.9. The van der Waals surface area contributed by atoms with Crippen molar-refractivity contribution in [3.05, 3.63) is 0 Å². The maximum Gasteiger partial charge on any atom is 3.00 e. The number of rotatable bonds is 4. The van der Waals surface area contributed by atoms with Gasteiger partial charge in [-0.15, -0.1) is 0 Å². The fourth-order valence-electron chi connectivity index (χ4n) is 0. The van der Waals surface area contributed by atoms with Gasteiger partial charge in [0.1, 0.15) is 0 Å². The minimum absolute atomic E-state index is 0. The molecule has 26 heavy (non-hydrogen) atoms. The molecule has 0 aliphatic heterocycles. The first kappa shape index (κ1) is 39.7. The Hall–Kier alpha value is -1.22. The van der Waals surface area contributed by atoms with Crippen LogP contribution in [0.4, 0.5) is 0 Å². The van der Waals surface area contributed by atoms with E-state index in [1.165, 1.54) is 0 Å². The second kappa shape index (κ2) is 23.8. The molecule has 0 fully saturated rings. The van der Waals surface area contributed by atoms with Crippen molar-refractivity contribution < 1.29 is 89.6 Å². The van der Waals surface area contributed by atoms with E-state index >= 15 is 0 Å². The van der Waals surface area contributed by atoms with Gasteiger partial charge in [-0.05, 0) is 27.7 Å². The van der Waals surface area contributed by atoms with E-state index in [1.54, 1.807) is 0 Å². The Bertz CT molecular complexity index is 312. The molecule has 0 aliphatic carbocycles. The number of hydrogen-bond acceptors (Lipinski definition) is 12. The van der Waals surface area contributed by atoms with Crippen LogP contribution in [0, 0.1) is 0 Å². The molecule has 0 radical (unpaired) electrons. The summed E-state index contributed by atoms with van der Waals surface area (Å²) in [5.41, 5.74) is 0. The predicted molar refractivity (Wildman–Crippen MR) is 72.5 cm³/mol. The van der Waals surface area contributed by atoms with E-state index in [1.807, 2.05) is 0 Å². The monoisotopic (exact) mass is 390 g/mol. The van der Waals surface area contributed by atoms with Crippen molar-refractivity contribution in [1.29, 1.82) is 0 Å². The van der Waals surface area contributed by atoms with Crippen molar-refractivity contribution in [3.8, 4) is 0 Å². The number of aliphatic carboxylic acids is 4. The summed E-state index contributed by atoms with van der Waals surface area (Å²) in [5.74, 6) is -5.74. The third kappa shape index (κ3) is 49.5.